The van der Waals surface area contributed by atoms with Gasteiger partial charge < -0.3 is 4.90 Å². The Morgan fingerprint density at radius 3 is 2.63 bits per heavy atom. The van der Waals surface area contributed by atoms with Crippen LogP contribution in [0.1, 0.15) is 16.5 Å². The SMILES string of the molecule is O=C1CSC(c2ccncc2)N1Cc1ccccc1. The highest BCUT2D eigenvalue weighted by Crippen LogP contribution is 2.39. The van der Waals surface area contributed by atoms with Gasteiger partial charge in [-0.3, -0.25) is 9.78 Å². The summed E-state index contributed by atoms with van der Waals surface area (Å²) in [6.07, 6.45) is 3.55. The summed E-state index contributed by atoms with van der Waals surface area (Å²) in [5.41, 5.74) is 2.30. The molecule has 4 heteroatoms. The quantitative estimate of drug-likeness (QED) is 0.860. The Kier molecular flexibility index (Phi) is 3.51. The number of hydrogen-bond donors (Lipinski definition) is 0. The van der Waals surface area contributed by atoms with Crippen LogP contribution >= 0.6 is 11.8 Å². The number of amides is 1. The Bertz CT molecular complexity index is 559. The molecular weight excluding hydrogens is 256 g/mol. The van der Waals surface area contributed by atoms with Crippen molar-refractivity contribution in [1.82, 2.24) is 9.88 Å². The highest BCUT2D eigenvalue weighted by Gasteiger charge is 2.32. The fraction of sp³-hybridized carbons (Fsp3) is 0.200. The van der Waals surface area contributed by atoms with Gasteiger partial charge in [0.15, 0.2) is 0 Å². The summed E-state index contributed by atoms with van der Waals surface area (Å²) in [6, 6.07) is 14.1. The van der Waals surface area contributed by atoms with Gasteiger partial charge in [0, 0.05) is 18.9 Å². The molecule has 0 bridgehead atoms. The van der Waals surface area contributed by atoms with Crippen molar-refractivity contribution in [2.45, 2.75) is 11.9 Å². The first-order valence-corrected chi connectivity index (χ1v) is 7.24. The first kappa shape index (κ1) is 12.2. The molecule has 1 aromatic carbocycles. The molecule has 3 nitrogen and oxygen atoms in total. The van der Waals surface area contributed by atoms with E-state index in [0.29, 0.717) is 12.3 Å². The summed E-state index contributed by atoms with van der Waals surface area (Å²) < 4.78 is 0. The largest absolute Gasteiger partial charge is 0.322 e. The first-order valence-electron chi connectivity index (χ1n) is 6.19. The molecule has 2 heterocycles. The van der Waals surface area contributed by atoms with E-state index < -0.39 is 0 Å². The zero-order valence-corrected chi connectivity index (χ0v) is 11.2. The zero-order chi connectivity index (χ0) is 13.1. The second-order valence-corrected chi connectivity index (χ2v) is 5.52. The van der Waals surface area contributed by atoms with Crippen molar-refractivity contribution in [2.75, 3.05) is 5.75 Å². The molecule has 3 rings (SSSR count). The average molecular weight is 270 g/mol. The summed E-state index contributed by atoms with van der Waals surface area (Å²) in [7, 11) is 0. The van der Waals surface area contributed by atoms with E-state index in [1.165, 1.54) is 0 Å². The molecule has 96 valence electrons. The van der Waals surface area contributed by atoms with E-state index in [9.17, 15) is 4.79 Å². The third kappa shape index (κ3) is 2.63. The highest BCUT2D eigenvalue weighted by atomic mass is 32.2. The van der Waals surface area contributed by atoms with Crippen molar-refractivity contribution in [3.8, 4) is 0 Å². The van der Waals surface area contributed by atoms with Gasteiger partial charge in [0.25, 0.3) is 0 Å². The molecule has 2 aromatic rings. The van der Waals surface area contributed by atoms with E-state index in [2.05, 4.69) is 17.1 Å². The average Bonchev–Trinajstić information content (AvgIpc) is 2.82. The lowest BCUT2D eigenvalue weighted by molar-refractivity contribution is -0.128. The van der Waals surface area contributed by atoms with Crippen molar-refractivity contribution in [3.63, 3.8) is 0 Å². The van der Waals surface area contributed by atoms with E-state index in [0.717, 1.165) is 11.1 Å². The zero-order valence-electron chi connectivity index (χ0n) is 10.4. The molecule has 1 unspecified atom stereocenters. The first-order chi connectivity index (χ1) is 9.34. The van der Waals surface area contributed by atoms with Crippen LogP contribution in [0, 0.1) is 0 Å². The van der Waals surface area contributed by atoms with Gasteiger partial charge in [-0.2, -0.15) is 0 Å². The maximum atomic E-state index is 12.1. The van der Waals surface area contributed by atoms with Crippen LogP contribution in [0.15, 0.2) is 54.9 Å². The molecule has 1 atom stereocenters. The lowest BCUT2D eigenvalue weighted by Crippen LogP contribution is -2.27. The second kappa shape index (κ2) is 5.45. The summed E-state index contributed by atoms with van der Waals surface area (Å²) in [5, 5.41) is 0.107. The summed E-state index contributed by atoms with van der Waals surface area (Å²) in [5.74, 6) is 0.760. The Morgan fingerprint density at radius 1 is 1.16 bits per heavy atom. The van der Waals surface area contributed by atoms with Gasteiger partial charge in [-0.1, -0.05) is 30.3 Å². The number of benzene rings is 1. The van der Waals surface area contributed by atoms with Crippen LogP contribution in [-0.4, -0.2) is 21.5 Å². The monoisotopic (exact) mass is 270 g/mol. The van der Waals surface area contributed by atoms with Crippen LogP contribution in [0.3, 0.4) is 0 Å². The standard InChI is InChI=1S/C15H14N2OS/c18-14-11-19-15(13-6-8-16-9-7-13)17(14)10-12-4-2-1-3-5-12/h1-9,15H,10-11H2. The van der Waals surface area contributed by atoms with Crippen LogP contribution in [0.5, 0.6) is 0 Å². The maximum absolute atomic E-state index is 12.1. The molecule has 0 aliphatic carbocycles. The third-order valence-electron chi connectivity index (χ3n) is 3.16. The summed E-state index contributed by atoms with van der Waals surface area (Å²) >= 11 is 1.68. The molecule has 0 spiro atoms. The summed E-state index contributed by atoms with van der Waals surface area (Å²) in [6.45, 7) is 0.666. The van der Waals surface area contributed by atoms with Gasteiger partial charge in [0.1, 0.15) is 5.37 Å². The van der Waals surface area contributed by atoms with E-state index >= 15 is 0 Å². The number of rotatable bonds is 3. The molecule has 0 N–H and O–H groups in total. The number of pyridine rings is 1. The highest BCUT2D eigenvalue weighted by molar-refractivity contribution is 8.00. The molecule has 1 amide bonds. The van der Waals surface area contributed by atoms with E-state index in [1.807, 2.05) is 35.2 Å². The van der Waals surface area contributed by atoms with Gasteiger partial charge in [0.2, 0.25) is 5.91 Å². The van der Waals surface area contributed by atoms with Crippen LogP contribution in [-0.2, 0) is 11.3 Å². The van der Waals surface area contributed by atoms with Crippen LogP contribution in [0.4, 0.5) is 0 Å². The molecule has 1 aromatic heterocycles. The van der Waals surface area contributed by atoms with Crippen LogP contribution < -0.4 is 0 Å². The van der Waals surface area contributed by atoms with Crippen molar-refractivity contribution in [1.29, 1.82) is 0 Å². The molecule has 1 aliphatic rings. The lowest BCUT2D eigenvalue weighted by Gasteiger charge is -2.24. The molecule has 1 fully saturated rings. The fourth-order valence-electron chi connectivity index (χ4n) is 2.21. The van der Waals surface area contributed by atoms with Crippen molar-refractivity contribution >= 4 is 17.7 Å². The number of thioether (sulfide) groups is 1. The molecule has 1 aliphatic heterocycles. The second-order valence-electron chi connectivity index (χ2n) is 4.45. The number of carbonyl (C=O) groups excluding carboxylic acids is 1. The minimum Gasteiger partial charge on any atom is -0.322 e. The van der Waals surface area contributed by atoms with Crippen LogP contribution in [0.25, 0.3) is 0 Å². The number of hydrogen-bond acceptors (Lipinski definition) is 3. The van der Waals surface area contributed by atoms with E-state index in [4.69, 9.17) is 0 Å². The molecular formula is C15H14N2OS. The van der Waals surface area contributed by atoms with Crippen molar-refractivity contribution in [2.24, 2.45) is 0 Å². The fourth-order valence-corrected chi connectivity index (χ4v) is 3.40. The van der Waals surface area contributed by atoms with Crippen LogP contribution in [0.2, 0.25) is 0 Å². The number of carbonyl (C=O) groups is 1. The number of nitrogens with zero attached hydrogens (tertiary/aromatic N) is 2. The van der Waals surface area contributed by atoms with Crippen molar-refractivity contribution < 1.29 is 4.79 Å². The Labute approximate surface area is 116 Å². The molecule has 0 radical (unpaired) electrons. The van der Waals surface area contributed by atoms with Gasteiger partial charge in [0.05, 0.1) is 5.75 Å². The Hall–Kier alpha value is -1.81. The van der Waals surface area contributed by atoms with Crippen molar-refractivity contribution in [3.05, 3.63) is 66.0 Å². The van der Waals surface area contributed by atoms with E-state index in [-0.39, 0.29) is 11.3 Å². The third-order valence-corrected chi connectivity index (χ3v) is 4.41. The Balaban J connectivity index is 1.83. The minimum absolute atomic E-state index is 0.107. The Morgan fingerprint density at radius 2 is 1.89 bits per heavy atom. The van der Waals surface area contributed by atoms with Gasteiger partial charge in [-0.25, -0.2) is 0 Å². The van der Waals surface area contributed by atoms with E-state index in [1.54, 1.807) is 24.2 Å². The molecule has 19 heavy (non-hydrogen) atoms. The molecule has 1 saturated heterocycles. The van der Waals surface area contributed by atoms with Gasteiger partial charge in [-0.15, -0.1) is 11.8 Å². The smallest absolute Gasteiger partial charge is 0.234 e. The van der Waals surface area contributed by atoms with Gasteiger partial charge >= 0.3 is 0 Å². The minimum atomic E-state index is 0.107. The number of aromatic nitrogens is 1. The molecule has 0 saturated carbocycles. The predicted molar refractivity (Wildman–Crippen MR) is 76.4 cm³/mol. The summed E-state index contributed by atoms with van der Waals surface area (Å²) in [4.78, 5) is 18.0. The normalized spacial score (nSPS) is 18.8. The predicted octanol–water partition coefficient (Wildman–Crippen LogP) is 2.86. The van der Waals surface area contributed by atoms with Gasteiger partial charge in [-0.05, 0) is 23.3 Å². The lowest BCUT2D eigenvalue weighted by atomic mass is 10.2. The topological polar surface area (TPSA) is 33.2 Å². The maximum Gasteiger partial charge on any atom is 0.234 e.